The van der Waals surface area contributed by atoms with Gasteiger partial charge in [0.1, 0.15) is 24.0 Å². The largest absolute Gasteiger partial charge is 0.492 e. The minimum atomic E-state index is -0.623. The second kappa shape index (κ2) is 5.66. The van der Waals surface area contributed by atoms with Crippen molar-refractivity contribution in [1.82, 2.24) is 5.32 Å². The van der Waals surface area contributed by atoms with Crippen molar-refractivity contribution < 1.29 is 13.5 Å². The van der Waals surface area contributed by atoms with Gasteiger partial charge in [0.15, 0.2) is 0 Å². The summed E-state index contributed by atoms with van der Waals surface area (Å²) in [5.41, 5.74) is 0. The van der Waals surface area contributed by atoms with E-state index in [0.717, 1.165) is 6.07 Å². The van der Waals surface area contributed by atoms with E-state index in [1.54, 1.807) is 0 Å². The van der Waals surface area contributed by atoms with Crippen molar-refractivity contribution in [3.05, 3.63) is 29.8 Å². The lowest BCUT2D eigenvalue weighted by atomic mass is 10.3. The van der Waals surface area contributed by atoms with Crippen molar-refractivity contribution in [2.24, 2.45) is 0 Å². The van der Waals surface area contributed by atoms with E-state index in [4.69, 9.17) is 4.74 Å². The monoisotopic (exact) mass is 215 g/mol. The summed E-state index contributed by atoms with van der Waals surface area (Å²) in [5, 5.41) is 3.13. The van der Waals surface area contributed by atoms with Crippen LogP contribution in [0.25, 0.3) is 0 Å². The maximum absolute atomic E-state index is 12.7. The van der Waals surface area contributed by atoms with E-state index in [9.17, 15) is 8.78 Å². The molecule has 0 heterocycles. The Morgan fingerprint density at radius 2 is 1.80 bits per heavy atom. The van der Waals surface area contributed by atoms with Crippen LogP contribution in [-0.2, 0) is 0 Å². The van der Waals surface area contributed by atoms with Crippen LogP contribution in [0.1, 0.15) is 13.8 Å². The lowest BCUT2D eigenvalue weighted by molar-refractivity contribution is 0.305. The predicted octanol–water partition coefficient (Wildman–Crippen LogP) is 2.34. The molecule has 0 aromatic heterocycles. The third-order valence-electron chi connectivity index (χ3n) is 1.76. The van der Waals surface area contributed by atoms with Gasteiger partial charge >= 0.3 is 0 Å². The Hall–Kier alpha value is -1.16. The predicted molar refractivity (Wildman–Crippen MR) is 55.0 cm³/mol. The number of hydrogen-bond donors (Lipinski definition) is 1. The molecule has 0 radical (unpaired) electrons. The standard InChI is InChI=1S/C11H15F2NO/c1-8(2)14-3-4-15-11-6-9(12)5-10(13)7-11/h5-8,14H,3-4H2,1-2H3. The summed E-state index contributed by atoms with van der Waals surface area (Å²) in [4.78, 5) is 0. The number of ether oxygens (including phenoxy) is 1. The molecule has 0 amide bonds. The number of rotatable bonds is 5. The molecule has 0 bridgehead atoms. The Kier molecular flexibility index (Phi) is 4.49. The van der Waals surface area contributed by atoms with Gasteiger partial charge in [-0.3, -0.25) is 0 Å². The fourth-order valence-corrected chi connectivity index (χ4v) is 1.13. The topological polar surface area (TPSA) is 21.3 Å². The SMILES string of the molecule is CC(C)NCCOc1cc(F)cc(F)c1. The molecule has 0 aliphatic carbocycles. The summed E-state index contributed by atoms with van der Waals surface area (Å²) >= 11 is 0. The van der Waals surface area contributed by atoms with Crippen LogP contribution >= 0.6 is 0 Å². The Bertz CT molecular complexity index is 295. The number of halogens is 2. The molecule has 0 fully saturated rings. The lowest BCUT2D eigenvalue weighted by Gasteiger charge is -2.09. The third-order valence-corrected chi connectivity index (χ3v) is 1.76. The van der Waals surface area contributed by atoms with E-state index in [-0.39, 0.29) is 5.75 Å². The van der Waals surface area contributed by atoms with Crippen LogP contribution in [0, 0.1) is 11.6 Å². The summed E-state index contributed by atoms with van der Waals surface area (Å²) < 4.78 is 30.6. The van der Waals surface area contributed by atoms with Crippen molar-refractivity contribution in [2.75, 3.05) is 13.2 Å². The molecule has 0 spiro atoms. The van der Waals surface area contributed by atoms with E-state index >= 15 is 0 Å². The maximum Gasteiger partial charge on any atom is 0.129 e. The van der Waals surface area contributed by atoms with Crippen LogP contribution in [0.4, 0.5) is 8.78 Å². The molecule has 84 valence electrons. The smallest absolute Gasteiger partial charge is 0.129 e. The highest BCUT2D eigenvalue weighted by atomic mass is 19.1. The highest BCUT2D eigenvalue weighted by Gasteiger charge is 2.01. The molecule has 1 aromatic carbocycles. The molecule has 1 aromatic rings. The Labute approximate surface area is 88.3 Å². The molecule has 0 aliphatic heterocycles. The number of nitrogens with one attached hydrogen (secondary N) is 1. The Balaban J connectivity index is 2.37. The Morgan fingerprint density at radius 1 is 1.20 bits per heavy atom. The van der Waals surface area contributed by atoms with Gasteiger partial charge in [-0.25, -0.2) is 8.78 Å². The highest BCUT2D eigenvalue weighted by Crippen LogP contribution is 2.14. The fourth-order valence-electron chi connectivity index (χ4n) is 1.13. The molecule has 0 saturated heterocycles. The number of hydrogen-bond acceptors (Lipinski definition) is 2. The zero-order valence-electron chi connectivity index (χ0n) is 8.89. The summed E-state index contributed by atoms with van der Waals surface area (Å²) in [6.07, 6.45) is 0. The normalized spacial score (nSPS) is 10.7. The summed E-state index contributed by atoms with van der Waals surface area (Å²) in [6.45, 7) is 5.07. The molecule has 1 rings (SSSR count). The molecule has 2 nitrogen and oxygen atoms in total. The van der Waals surface area contributed by atoms with Gasteiger partial charge in [-0.2, -0.15) is 0 Å². The van der Waals surface area contributed by atoms with Crippen molar-refractivity contribution >= 4 is 0 Å². The van der Waals surface area contributed by atoms with Crippen LogP contribution in [0.15, 0.2) is 18.2 Å². The molecule has 0 saturated carbocycles. The van der Waals surface area contributed by atoms with Gasteiger partial charge in [-0.1, -0.05) is 13.8 Å². The van der Waals surface area contributed by atoms with Crippen LogP contribution in [0.5, 0.6) is 5.75 Å². The molecular weight excluding hydrogens is 200 g/mol. The van der Waals surface area contributed by atoms with E-state index in [1.807, 2.05) is 13.8 Å². The average molecular weight is 215 g/mol. The molecule has 0 aliphatic rings. The highest BCUT2D eigenvalue weighted by molar-refractivity contribution is 5.23. The summed E-state index contributed by atoms with van der Waals surface area (Å²) in [7, 11) is 0. The second-order valence-corrected chi connectivity index (χ2v) is 3.56. The van der Waals surface area contributed by atoms with Gasteiger partial charge in [-0.05, 0) is 0 Å². The van der Waals surface area contributed by atoms with Gasteiger partial charge < -0.3 is 10.1 Å². The first-order chi connectivity index (χ1) is 7.08. The molecule has 0 atom stereocenters. The van der Waals surface area contributed by atoms with Gasteiger partial charge in [-0.15, -0.1) is 0 Å². The van der Waals surface area contributed by atoms with E-state index in [2.05, 4.69) is 5.32 Å². The summed E-state index contributed by atoms with van der Waals surface area (Å²) in [6, 6.07) is 3.52. The van der Waals surface area contributed by atoms with Crippen LogP contribution < -0.4 is 10.1 Å². The maximum atomic E-state index is 12.7. The van der Waals surface area contributed by atoms with E-state index in [1.165, 1.54) is 12.1 Å². The van der Waals surface area contributed by atoms with Gasteiger partial charge in [0.05, 0.1) is 0 Å². The molecule has 1 N–H and O–H groups in total. The molecule has 0 unspecified atom stereocenters. The van der Waals surface area contributed by atoms with Gasteiger partial charge in [0.25, 0.3) is 0 Å². The quantitative estimate of drug-likeness (QED) is 0.761. The lowest BCUT2D eigenvalue weighted by Crippen LogP contribution is -2.27. The zero-order chi connectivity index (χ0) is 11.3. The fraction of sp³-hybridized carbons (Fsp3) is 0.455. The minimum absolute atomic E-state index is 0.220. The molecule has 15 heavy (non-hydrogen) atoms. The minimum Gasteiger partial charge on any atom is -0.492 e. The number of benzene rings is 1. The summed E-state index contributed by atoms with van der Waals surface area (Å²) in [5.74, 6) is -1.03. The van der Waals surface area contributed by atoms with Crippen molar-refractivity contribution in [3.63, 3.8) is 0 Å². The third kappa shape index (κ3) is 4.74. The first kappa shape index (κ1) is 11.9. The van der Waals surface area contributed by atoms with Gasteiger partial charge in [0, 0.05) is 30.8 Å². The second-order valence-electron chi connectivity index (χ2n) is 3.56. The van der Waals surface area contributed by atoms with Crippen LogP contribution in [-0.4, -0.2) is 19.2 Å². The van der Waals surface area contributed by atoms with E-state index < -0.39 is 11.6 Å². The van der Waals surface area contributed by atoms with E-state index in [0.29, 0.717) is 19.2 Å². The molecule has 4 heteroatoms. The first-order valence-electron chi connectivity index (χ1n) is 4.90. The van der Waals surface area contributed by atoms with Crippen LogP contribution in [0.2, 0.25) is 0 Å². The first-order valence-corrected chi connectivity index (χ1v) is 4.90. The van der Waals surface area contributed by atoms with Crippen molar-refractivity contribution in [1.29, 1.82) is 0 Å². The average Bonchev–Trinajstić information content (AvgIpc) is 2.10. The zero-order valence-corrected chi connectivity index (χ0v) is 8.89. The molecular formula is C11H15F2NO. The van der Waals surface area contributed by atoms with Crippen LogP contribution in [0.3, 0.4) is 0 Å². The Morgan fingerprint density at radius 3 is 2.33 bits per heavy atom. The van der Waals surface area contributed by atoms with Gasteiger partial charge in [0.2, 0.25) is 0 Å². The van der Waals surface area contributed by atoms with Crippen molar-refractivity contribution in [3.8, 4) is 5.75 Å². The van der Waals surface area contributed by atoms with Crippen molar-refractivity contribution in [2.45, 2.75) is 19.9 Å².